The number of para-hydroxylation sites is 1. The maximum absolute atomic E-state index is 12.1. The van der Waals surface area contributed by atoms with Gasteiger partial charge in [0.2, 0.25) is 0 Å². The molecule has 0 aliphatic rings. The van der Waals surface area contributed by atoms with E-state index in [1.54, 1.807) is 6.21 Å². The highest BCUT2D eigenvalue weighted by Crippen LogP contribution is 2.26. The second kappa shape index (κ2) is 7.36. The molecule has 5 nitrogen and oxygen atoms in total. The number of benzene rings is 2. The molecule has 2 aromatic carbocycles. The zero-order valence-corrected chi connectivity index (χ0v) is 14.8. The van der Waals surface area contributed by atoms with Gasteiger partial charge < -0.3 is 0 Å². The minimum Gasteiger partial charge on any atom is -0.296 e. The van der Waals surface area contributed by atoms with Crippen LogP contribution in [0.4, 0.5) is 5.69 Å². The number of aromatic nitrogens is 3. The van der Waals surface area contributed by atoms with Crippen molar-refractivity contribution in [1.82, 2.24) is 15.2 Å². The maximum atomic E-state index is 12.1. The first-order valence-electron chi connectivity index (χ1n) is 7.97. The van der Waals surface area contributed by atoms with E-state index in [2.05, 4.69) is 46.2 Å². The fourth-order valence-corrected chi connectivity index (χ4v) is 2.57. The predicted molar refractivity (Wildman–Crippen MR) is 103 cm³/mol. The van der Waals surface area contributed by atoms with Gasteiger partial charge in [-0.05, 0) is 35.3 Å². The van der Waals surface area contributed by atoms with Gasteiger partial charge >= 0.3 is 0 Å². The Hall–Kier alpha value is -2.86. The maximum Gasteiger partial charge on any atom is 0.278 e. The Morgan fingerprint density at radius 1 is 1.12 bits per heavy atom. The van der Waals surface area contributed by atoms with Crippen molar-refractivity contribution in [3.05, 3.63) is 74.8 Å². The van der Waals surface area contributed by atoms with Crippen molar-refractivity contribution < 1.29 is 0 Å². The van der Waals surface area contributed by atoms with Crippen molar-refractivity contribution in [3.8, 4) is 11.3 Å². The van der Waals surface area contributed by atoms with E-state index in [0.717, 1.165) is 5.56 Å². The lowest BCUT2D eigenvalue weighted by Gasteiger charge is -2.05. The van der Waals surface area contributed by atoms with Crippen LogP contribution in [-0.4, -0.2) is 21.4 Å². The van der Waals surface area contributed by atoms with Crippen molar-refractivity contribution in [2.24, 2.45) is 4.99 Å². The van der Waals surface area contributed by atoms with E-state index in [0.29, 0.717) is 17.2 Å². The number of hydrogen-bond acceptors (Lipinski definition) is 4. The van der Waals surface area contributed by atoms with E-state index < -0.39 is 0 Å². The van der Waals surface area contributed by atoms with E-state index >= 15 is 0 Å². The van der Waals surface area contributed by atoms with Crippen LogP contribution >= 0.6 is 12.2 Å². The molecule has 0 amide bonds. The van der Waals surface area contributed by atoms with Gasteiger partial charge in [0.1, 0.15) is 0 Å². The minimum atomic E-state index is -0.340. The first-order chi connectivity index (χ1) is 12.0. The van der Waals surface area contributed by atoms with Gasteiger partial charge in [0.25, 0.3) is 5.56 Å². The van der Waals surface area contributed by atoms with E-state index in [-0.39, 0.29) is 16.0 Å². The lowest BCUT2D eigenvalue weighted by atomic mass is 10.0. The van der Waals surface area contributed by atoms with E-state index in [1.807, 2.05) is 36.4 Å². The number of aromatic amines is 2. The highest BCUT2D eigenvalue weighted by atomic mass is 32.1. The van der Waals surface area contributed by atoms with Crippen LogP contribution in [0, 0.1) is 4.77 Å². The number of H-pyrrole nitrogens is 2. The molecule has 0 atom stereocenters. The lowest BCUT2D eigenvalue weighted by molar-refractivity contribution is 0.866. The van der Waals surface area contributed by atoms with Gasteiger partial charge in [-0.25, -0.2) is 0 Å². The molecular formula is C19H18N4OS. The first-order valence-corrected chi connectivity index (χ1v) is 8.38. The van der Waals surface area contributed by atoms with Gasteiger partial charge in [-0.15, -0.1) is 0 Å². The summed E-state index contributed by atoms with van der Waals surface area (Å²) in [4.78, 5) is 19.2. The summed E-state index contributed by atoms with van der Waals surface area (Å²) in [5.41, 5.74) is 3.51. The summed E-state index contributed by atoms with van der Waals surface area (Å²) in [5, 5.41) is 6.66. The standard InChI is InChI=1S/C19H18N4OS/c1-12(2)14-9-7-13(8-10-14)11-20-16-6-4-3-5-15(16)17-18(24)21-19(25)23-22-17/h3-12H,1-2H3,(H2,21,23,24,25). The van der Waals surface area contributed by atoms with Gasteiger partial charge in [-0.3, -0.25) is 19.9 Å². The molecule has 2 N–H and O–H groups in total. The van der Waals surface area contributed by atoms with Gasteiger partial charge in [0.15, 0.2) is 10.5 Å². The monoisotopic (exact) mass is 350 g/mol. The average Bonchev–Trinajstić information content (AvgIpc) is 2.61. The number of aliphatic imine (C=N–C) groups is 1. The van der Waals surface area contributed by atoms with Gasteiger partial charge in [0, 0.05) is 11.8 Å². The Balaban J connectivity index is 1.96. The third kappa shape index (κ3) is 3.97. The van der Waals surface area contributed by atoms with E-state index in [4.69, 9.17) is 12.2 Å². The summed E-state index contributed by atoms with van der Waals surface area (Å²) >= 11 is 4.88. The molecule has 0 radical (unpaired) electrons. The van der Waals surface area contributed by atoms with Crippen molar-refractivity contribution >= 4 is 24.1 Å². The third-order valence-electron chi connectivity index (χ3n) is 3.83. The molecule has 0 unspecified atom stereocenters. The quantitative estimate of drug-likeness (QED) is 0.542. The summed E-state index contributed by atoms with van der Waals surface area (Å²) in [6, 6.07) is 15.6. The molecule has 3 rings (SSSR count). The van der Waals surface area contributed by atoms with Crippen LogP contribution in [0.15, 0.2) is 58.3 Å². The smallest absolute Gasteiger partial charge is 0.278 e. The van der Waals surface area contributed by atoms with Crippen LogP contribution in [0.5, 0.6) is 0 Å². The number of rotatable bonds is 4. The van der Waals surface area contributed by atoms with Crippen molar-refractivity contribution in [3.63, 3.8) is 0 Å². The fraction of sp³-hybridized carbons (Fsp3) is 0.158. The summed E-state index contributed by atoms with van der Waals surface area (Å²) in [6.45, 7) is 4.32. The molecule has 0 spiro atoms. The molecule has 6 heteroatoms. The Morgan fingerprint density at radius 2 is 1.84 bits per heavy atom. The largest absolute Gasteiger partial charge is 0.296 e. The summed E-state index contributed by atoms with van der Waals surface area (Å²) in [6.07, 6.45) is 1.78. The summed E-state index contributed by atoms with van der Waals surface area (Å²) in [7, 11) is 0. The molecular weight excluding hydrogens is 332 g/mol. The van der Waals surface area contributed by atoms with Crippen LogP contribution < -0.4 is 5.56 Å². The number of nitrogens with one attached hydrogen (secondary N) is 2. The topological polar surface area (TPSA) is 73.9 Å². The van der Waals surface area contributed by atoms with Crippen molar-refractivity contribution in [2.75, 3.05) is 0 Å². The van der Waals surface area contributed by atoms with E-state index in [9.17, 15) is 4.79 Å². The van der Waals surface area contributed by atoms with Crippen LogP contribution in [0.2, 0.25) is 0 Å². The molecule has 126 valence electrons. The Kier molecular flexibility index (Phi) is 5.00. The molecule has 0 bridgehead atoms. The predicted octanol–water partition coefficient (Wildman–Crippen LogP) is 4.37. The lowest BCUT2D eigenvalue weighted by Crippen LogP contribution is -2.12. The molecule has 0 saturated carbocycles. The minimum absolute atomic E-state index is 0.194. The second-order valence-electron chi connectivity index (χ2n) is 5.95. The summed E-state index contributed by atoms with van der Waals surface area (Å²) in [5.74, 6) is 0.494. The van der Waals surface area contributed by atoms with Crippen LogP contribution in [0.3, 0.4) is 0 Å². The average molecular weight is 350 g/mol. The zero-order valence-electron chi connectivity index (χ0n) is 14.0. The molecule has 0 saturated heterocycles. The second-order valence-corrected chi connectivity index (χ2v) is 6.36. The molecule has 0 aliphatic carbocycles. The Morgan fingerprint density at radius 3 is 2.52 bits per heavy atom. The molecule has 1 heterocycles. The molecule has 0 fully saturated rings. The van der Waals surface area contributed by atoms with Crippen LogP contribution in [0.1, 0.15) is 30.9 Å². The van der Waals surface area contributed by atoms with Gasteiger partial charge in [0.05, 0.1) is 5.69 Å². The highest BCUT2D eigenvalue weighted by molar-refractivity contribution is 7.71. The van der Waals surface area contributed by atoms with Crippen LogP contribution in [0.25, 0.3) is 11.3 Å². The Labute approximate surface area is 150 Å². The molecule has 3 aromatic rings. The number of hydrogen-bond donors (Lipinski definition) is 2. The zero-order chi connectivity index (χ0) is 17.8. The molecule has 25 heavy (non-hydrogen) atoms. The number of nitrogens with zero attached hydrogens (tertiary/aromatic N) is 2. The fourth-order valence-electron chi connectivity index (χ4n) is 2.43. The summed E-state index contributed by atoms with van der Waals surface area (Å²) < 4.78 is 0.194. The van der Waals surface area contributed by atoms with Gasteiger partial charge in [-0.2, -0.15) is 5.10 Å². The van der Waals surface area contributed by atoms with Crippen molar-refractivity contribution in [1.29, 1.82) is 0 Å². The van der Waals surface area contributed by atoms with E-state index in [1.165, 1.54) is 5.56 Å². The van der Waals surface area contributed by atoms with Gasteiger partial charge in [-0.1, -0.05) is 56.3 Å². The highest BCUT2D eigenvalue weighted by Gasteiger charge is 2.09. The van der Waals surface area contributed by atoms with Crippen molar-refractivity contribution in [2.45, 2.75) is 19.8 Å². The third-order valence-corrected chi connectivity index (χ3v) is 4.02. The normalized spacial score (nSPS) is 11.3. The SMILES string of the molecule is CC(C)c1ccc(C=Nc2ccccc2-c2n[nH]c(=S)[nH]c2=O)cc1. The first kappa shape index (κ1) is 17.0. The Bertz CT molecular complexity index is 1020. The van der Waals surface area contributed by atoms with Crippen LogP contribution in [-0.2, 0) is 0 Å². The molecule has 1 aromatic heterocycles. The molecule has 0 aliphatic heterocycles.